The van der Waals surface area contributed by atoms with Gasteiger partial charge in [0.25, 0.3) is 0 Å². The van der Waals surface area contributed by atoms with Crippen LogP contribution in [0.15, 0.2) is 12.5 Å². The second kappa shape index (κ2) is 6.01. The molecule has 1 rings (SSSR count). The van der Waals surface area contributed by atoms with Gasteiger partial charge in [0, 0.05) is 19.1 Å². The topological polar surface area (TPSA) is 32.3 Å². The molecular weight excluding hydrogens is 224 g/mol. The number of likely N-dealkylation sites (N-methyl/N-ethyl adjacent to an activating group) is 1. The summed E-state index contributed by atoms with van der Waals surface area (Å²) in [6.07, 6.45) is 3.17. The Hall–Kier alpha value is -0.870. The Kier molecular flexibility index (Phi) is 4.96. The van der Waals surface area contributed by atoms with Crippen molar-refractivity contribution in [1.82, 2.24) is 14.9 Å². The maximum absolute atomic E-state index is 6.10. The van der Waals surface area contributed by atoms with E-state index in [1.165, 1.54) is 6.33 Å². The van der Waals surface area contributed by atoms with Crippen molar-refractivity contribution in [2.45, 2.75) is 19.9 Å². The van der Waals surface area contributed by atoms with Crippen molar-refractivity contribution in [3.8, 4) is 0 Å². The molecule has 4 nitrogen and oxygen atoms in total. The molecular formula is C11H19ClN4. The molecule has 0 aliphatic rings. The number of halogens is 1. The number of anilines is 1. The Morgan fingerprint density at radius 1 is 1.31 bits per heavy atom. The van der Waals surface area contributed by atoms with Crippen LogP contribution in [-0.4, -0.2) is 48.1 Å². The lowest BCUT2D eigenvalue weighted by molar-refractivity contribution is 0.407. The van der Waals surface area contributed by atoms with Gasteiger partial charge in [0.15, 0.2) is 5.82 Å². The minimum absolute atomic E-state index is 0.368. The predicted octanol–water partition coefficient (Wildman–Crippen LogP) is 1.91. The number of hydrogen-bond acceptors (Lipinski definition) is 4. The maximum atomic E-state index is 6.10. The lowest BCUT2D eigenvalue weighted by Gasteiger charge is -2.29. The molecule has 1 heterocycles. The Labute approximate surface area is 102 Å². The van der Waals surface area contributed by atoms with E-state index in [0.717, 1.165) is 18.9 Å². The second-order valence-corrected chi connectivity index (χ2v) is 4.69. The molecule has 5 heteroatoms. The van der Waals surface area contributed by atoms with Gasteiger partial charge in [-0.2, -0.15) is 0 Å². The van der Waals surface area contributed by atoms with Gasteiger partial charge >= 0.3 is 0 Å². The summed E-state index contributed by atoms with van der Waals surface area (Å²) in [6, 6.07) is 0.368. The third kappa shape index (κ3) is 3.61. The average molecular weight is 243 g/mol. The van der Waals surface area contributed by atoms with Crippen LogP contribution < -0.4 is 4.90 Å². The molecule has 1 aromatic heterocycles. The highest BCUT2D eigenvalue weighted by Crippen LogP contribution is 2.22. The van der Waals surface area contributed by atoms with Crippen molar-refractivity contribution >= 4 is 17.4 Å². The van der Waals surface area contributed by atoms with Crippen molar-refractivity contribution in [3.63, 3.8) is 0 Å². The lowest BCUT2D eigenvalue weighted by Crippen LogP contribution is -2.37. The lowest BCUT2D eigenvalue weighted by atomic mass is 10.3. The van der Waals surface area contributed by atoms with Gasteiger partial charge < -0.3 is 9.80 Å². The largest absolute Gasteiger partial charge is 0.352 e. The van der Waals surface area contributed by atoms with Crippen molar-refractivity contribution < 1.29 is 0 Å². The van der Waals surface area contributed by atoms with Crippen LogP contribution in [0.4, 0.5) is 5.82 Å². The van der Waals surface area contributed by atoms with Crippen LogP contribution in [0.1, 0.15) is 13.8 Å². The summed E-state index contributed by atoms with van der Waals surface area (Å²) in [5.41, 5.74) is 0. The van der Waals surface area contributed by atoms with E-state index < -0.39 is 0 Å². The Bertz CT molecular complexity index is 328. The molecule has 0 fully saturated rings. The van der Waals surface area contributed by atoms with Crippen LogP contribution in [0.5, 0.6) is 0 Å². The number of rotatable bonds is 5. The Balaban J connectivity index is 2.82. The van der Waals surface area contributed by atoms with Gasteiger partial charge in [-0.05, 0) is 27.9 Å². The maximum Gasteiger partial charge on any atom is 0.151 e. The van der Waals surface area contributed by atoms with E-state index in [0.29, 0.717) is 11.1 Å². The van der Waals surface area contributed by atoms with E-state index in [1.807, 2.05) is 0 Å². The number of hydrogen-bond donors (Lipinski definition) is 0. The fraction of sp³-hybridized carbons (Fsp3) is 0.636. The summed E-state index contributed by atoms with van der Waals surface area (Å²) >= 11 is 6.10. The van der Waals surface area contributed by atoms with E-state index in [2.05, 4.69) is 47.7 Å². The van der Waals surface area contributed by atoms with E-state index in [9.17, 15) is 0 Å². The fourth-order valence-electron chi connectivity index (χ4n) is 1.43. The normalized spacial score (nSPS) is 11.2. The van der Waals surface area contributed by atoms with E-state index in [1.54, 1.807) is 6.20 Å². The van der Waals surface area contributed by atoms with Crippen molar-refractivity contribution in [1.29, 1.82) is 0 Å². The molecule has 0 N–H and O–H groups in total. The van der Waals surface area contributed by atoms with Crippen molar-refractivity contribution in [3.05, 3.63) is 17.5 Å². The monoisotopic (exact) mass is 242 g/mol. The summed E-state index contributed by atoms with van der Waals surface area (Å²) in [7, 11) is 4.11. The summed E-state index contributed by atoms with van der Waals surface area (Å²) in [5.74, 6) is 0.813. The summed E-state index contributed by atoms with van der Waals surface area (Å²) in [4.78, 5) is 12.5. The Morgan fingerprint density at radius 2 is 2.00 bits per heavy atom. The van der Waals surface area contributed by atoms with Gasteiger partial charge in [-0.1, -0.05) is 11.6 Å². The molecule has 0 unspecified atom stereocenters. The van der Waals surface area contributed by atoms with E-state index in [-0.39, 0.29) is 0 Å². The third-order valence-electron chi connectivity index (χ3n) is 2.33. The number of aromatic nitrogens is 2. The van der Waals surface area contributed by atoms with Gasteiger partial charge in [0.1, 0.15) is 11.3 Å². The first kappa shape index (κ1) is 13.2. The molecule has 16 heavy (non-hydrogen) atoms. The molecule has 0 bridgehead atoms. The second-order valence-electron chi connectivity index (χ2n) is 4.28. The van der Waals surface area contributed by atoms with Crippen LogP contribution in [0, 0.1) is 0 Å². The highest BCUT2D eigenvalue weighted by Gasteiger charge is 2.15. The minimum atomic E-state index is 0.368. The van der Waals surface area contributed by atoms with E-state index in [4.69, 9.17) is 11.6 Å². The summed E-state index contributed by atoms with van der Waals surface area (Å²) in [5, 5.41) is 0.606. The Morgan fingerprint density at radius 3 is 2.50 bits per heavy atom. The molecule has 0 aliphatic heterocycles. The minimum Gasteiger partial charge on any atom is -0.352 e. The molecule has 0 amide bonds. The zero-order valence-electron chi connectivity index (χ0n) is 10.3. The van der Waals surface area contributed by atoms with Crippen molar-refractivity contribution in [2.75, 3.05) is 32.1 Å². The molecule has 0 atom stereocenters. The quantitative estimate of drug-likeness (QED) is 0.790. The van der Waals surface area contributed by atoms with Gasteiger partial charge in [-0.3, -0.25) is 0 Å². The predicted molar refractivity (Wildman–Crippen MR) is 68.1 cm³/mol. The van der Waals surface area contributed by atoms with E-state index >= 15 is 0 Å². The standard InChI is InChI=1S/C11H19ClN4/c1-9(2)16(6-5-15(3)4)11-10(12)7-13-8-14-11/h7-9H,5-6H2,1-4H3. The van der Waals surface area contributed by atoms with Gasteiger partial charge in [-0.15, -0.1) is 0 Å². The van der Waals surface area contributed by atoms with Gasteiger partial charge in [-0.25, -0.2) is 9.97 Å². The average Bonchev–Trinajstić information content (AvgIpc) is 2.20. The first-order valence-corrected chi connectivity index (χ1v) is 5.77. The van der Waals surface area contributed by atoms with Crippen LogP contribution >= 0.6 is 11.6 Å². The molecule has 1 aromatic rings. The first-order valence-electron chi connectivity index (χ1n) is 5.39. The highest BCUT2D eigenvalue weighted by atomic mass is 35.5. The molecule has 0 aliphatic carbocycles. The van der Waals surface area contributed by atoms with Crippen LogP contribution in [0.25, 0.3) is 0 Å². The van der Waals surface area contributed by atoms with Gasteiger partial charge in [0.2, 0.25) is 0 Å². The fourth-order valence-corrected chi connectivity index (χ4v) is 1.65. The van der Waals surface area contributed by atoms with Crippen molar-refractivity contribution in [2.24, 2.45) is 0 Å². The molecule has 0 aromatic carbocycles. The number of nitrogens with zero attached hydrogens (tertiary/aromatic N) is 4. The molecule has 0 radical (unpaired) electrons. The molecule has 0 saturated carbocycles. The van der Waals surface area contributed by atoms with Crippen LogP contribution in [0.3, 0.4) is 0 Å². The summed E-state index contributed by atoms with van der Waals surface area (Å²) < 4.78 is 0. The van der Waals surface area contributed by atoms with Gasteiger partial charge in [0.05, 0.1) is 6.20 Å². The smallest absolute Gasteiger partial charge is 0.151 e. The van der Waals surface area contributed by atoms with Crippen LogP contribution in [-0.2, 0) is 0 Å². The zero-order valence-corrected chi connectivity index (χ0v) is 11.1. The third-order valence-corrected chi connectivity index (χ3v) is 2.60. The first-order chi connectivity index (χ1) is 7.52. The molecule has 90 valence electrons. The summed E-state index contributed by atoms with van der Waals surface area (Å²) in [6.45, 7) is 6.14. The zero-order chi connectivity index (χ0) is 12.1. The van der Waals surface area contributed by atoms with Crippen LogP contribution in [0.2, 0.25) is 5.02 Å². The molecule has 0 saturated heterocycles. The molecule has 0 spiro atoms. The SMILES string of the molecule is CC(C)N(CCN(C)C)c1ncncc1Cl. The highest BCUT2D eigenvalue weighted by molar-refractivity contribution is 6.32.